The third-order valence-electron chi connectivity index (χ3n) is 7.67. The molecule has 0 saturated carbocycles. The number of nitrogens with two attached hydrogens (primary N) is 2. The molecule has 5 heterocycles. The van der Waals surface area contributed by atoms with Gasteiger partial charge in [-0.2, -0.15) is 5.11 Å². The molecule has 3 aromatic carbocycles. The van der Waals surface area contributed by atoms with Crippen LogP contribution in [0.4, 0.5) is 23.0 Å². The van der Waals surface area contributed by atoms with E-state index >= 15 is 0 Å². The lowest BCUT2D eigenvalue weighted by molar-refractivity contribution is 0.0192. The van der Waals surface area contributed by atoms with Gasteiger partial charge in [0.1, 0.15) is 11.5 Å². The second-order valence-corrected chi connectivity index (χ2v) is 10.2. The molecule has 0 aliphatic carbocycles. The molecule has 2 fully saturated rings. The zero-order valence-corrected chi connectivity index (χ0v) is 23.8. The number of halogens is 1. The van der Waals surface area contributed by atoms with Crippen LogP contribution < -0.4 is 30.4 Å². The van der Waals surface area contributed by atoms with Crippen LogP contribution in [0.5, 0.6) is 23.0 Å². The third kappa shape index (κ3) is 5.87. The first-order chi connectivity index (χ1) is 20.6. The number of hydrogen-bond donors (Lipinski definition) is 2. The number of pyridine rings is 1. The fourth-order valence-corrected chi connectivity index (χ4v) is 5.59. The molecule has 12 heteroatoms. The minimum Gasteiger partial charge on any atom is -0.454 e. The van der Waals surface area contributed by atoms with Gasteiger partial charge in [0.2, 0.25) is 13.6 Å². The van der Waals surface area contributed by atoms with Crippen molar-refractivity contribution in [1.82, 2.24) is 4.98 Å². The lowest BCUT2D eigenvalue weighted by Gasteiger charge is -2.17. The van der Waals surface area contributed by atoms with Crippen molar-refractivity contribution < 1.29 is 28.4 Å². The number of aromatic nitrogens is 1. The van der Waals surface area contributed by atoms with Crippen LogP contribution in [0.15, 0.2) is 89.1 Å². The highest BCUT2D eigenvalue weighted by molar-refractivity contribution is 5.85. The molecule has 2 saturated heterocycles. The van der Waals surface area contributed by atoms with E-state index in [1.54, 1.807) is 12.1 Å². The highest BCUT2D eigenvalue weighted by atomic mass is 35.5. The average molecular weight is 604 g/mol. The number of anilines is 2. The Hall–Kier alpha value is -4.58. The van der Waals surface area contributed by atoms with Crippen LogP contribution in [-0.4, -0.2) is 31.8 Å². The number of ether oxygens (including phenoxy) is 6. The van der Waals surface area contributed by atoms with Crippen LogP contribution >= 0.6 is 12.4 Å². The van der Waals surface area contributed by atoms with E-state index in [4.69, 9.17) is 39.9 Å². The van der Waals surface area contributed by atoms with Gasteiger partial charge in [-0.05, 0) is 59.7 Å². The van der Waals surface area contributed by atoms with Crippen molar-refractivity contribution in [2.24, 2.45) is 22.1 Å². The Morgan fingerprint density at radius 1 is 0.628 bits per heavy atom. The molecule has 4 unspecified atom stereocenters. The highest BCUT2D eigenvalue weighted by Crippen LogP contribution is 2.52. The van der Waals surface area contributed by atoms with Crippen molar-refractivity contribution in [2.45, 2.75) is 12.2 Å². The number of nitrogen functional groups attached to an aromatic ring is 2. The van der Waals surface area contributed by atoms with E-state index in [-0.39, 0.29) is 44.0 Å². The Morgan fingerprint density at radius 2 is 1.19 bits per heavy atom. The Balaban J connectivity index is 0.000000168. The fourth-order valence-electron chi connectivity index (χ4n) is 5.59. The monoisotopic (exact) mass is 603 g/mol. The zero-order valence-electron chi connectivity index (χ0n) is 23.0. The molecule has 0 spiro atoms. The van der Waals surface area contributed by atoms with Gasteiger partial charge < -0.3 is 39.9 Å². The normalized spacial score (nSPS) is 22.5. The van der Waals surface area contributed by atoms with Crippen LogP contribution in [0.1, 0.15) is 23.3 Å². The first-order valence-electron chi connectivity index (χ1n) is 13.6. The Kier molecular flexibility index (Phi) is 8.19. The van der Waals surface area contributed by atoms with E-state index in [1.165, 1.54) is 0 Å². The summed E-state index contributed by atoms with van der Waals surface area (Å²) in [6.07, 6.45) is 0.0435. The molecule has 4 aliphatic heterocycles. The topological polar surface area (TPSA) is 145 Å². The predicted molar refractivity (Wildman–Crippen MR) is 160 cm³/mol. The largest absolute Gasteiger partial charge is 0.454 e. The number of azo groups is 1. The fraction of sp³-hybridized carbons (Fsp3) is 0.258. The van der Waals surface area contributed by atoms with E-state index in [0.29, 0.717) is 36.6 Å². The van der Waals surface area contributed by atoms with Crippen LogP contribution in [0, 0.1) is 11.8 Å². The summed E-state index contributed by atoms with van der Waals surface area (Å²) >= 11 is 0. The van der Waals surface area contributed by atoms with Gasteiger partial charge in [0.25, 0.3) is 0 Å². The number of fused-ring (bicyclic) bond motifs is 3. The summed E-state index contributed by atoms with van der Waals surface area (Å²) in [6, 6.07) is 24.8. The van der Waals surface area contributed by atoms with E-state index < -0.39 is 0 Å². The minimum atomic E-state index is 0. The summed E-state index contributed by atoms with van der Waals surface area (Å²) in [6.45, 7) is 1.93. The van der Waals surface area contributed by atoms with Crippen LogP contribution in [0.3, 0.4) is 0 Å². The predicted octanol–water partition coefficient (Wildman–Crippen LogP) is 6.30. The van der Waals surface area contributed by atoms with E-state index in [9.17, 15) is 0 Å². The smallest absolute Gasteiger partial charge is 0.231 e. The van der Waals surface area contributed by atoms with E-state index in [0.717, 1.165) is 39.8 Å². The first kappa shape index (κ1) is 28.5. The van der Waals surface area contributed by atoms with Crippen molar-refractivity contribution >= 4 is 35.4 Å². The molecule has 8 rings (SSSR count). The SMILES string of the molecule is Cl.Nc1ccc(N=Nc2ccccc2)c(N)n1.c1cc2c(cc1C1OCC3C(c4ccc5c(c4)OCO5)OCC13)OCO2. The second-order valence-electron chi connectivity index (χ2n) is 10.2. The number of nitrogens with zero attached hydrogens (tertiary/aromatic N) is 3. The molecule has 0 radical (unpaired) electrons. The summed E-state index contributed by atoms with van der Waals surface area (Å²) in [5.41, 5.74) is 14.6. The lowest BCUT2D eigenvalue weighted by atomic mass is 9.85. The molecule has 0 amide bonds. The third-order valence-corrected chi connectivity index (χ3v) is 7.67. The van der Waals surface area contributed by atoms with Crippen molar-refractivity contribution in [1.29, 1.82) is 0 Å². The molecule has 4 atom stereocenters. The van der Waals surface area contributed by atoms with E-state index in [2.05, 4.69) is 27.3 Å². The molecule has 4 N–H and O–H groups in total. The molecule has 4 aliphatic rings. The molecule has 1 aromatic heterocycles. The van der Waals surface area contributed by atoms with Crippen molar-refractivity contribution in [3.63, 3.8) is 0 Å². The summed E-state index contributed by atoms with van der Waals surface area (Å²) < 4.78 is 34.2. The maximum Gasteiger partial charge on any atom is 0.231 e. The Labute approximate surface area is 254 Å². The minimum absolute atomic E-state index is 0. The van der Waals surface area contributed by atoms with Gasteiger partial charge in [-0.25, -0.2) is 4.98 Å². The second kappa shape index (κ2) is 12.3. The maximum atomic E-state index is 6.18. The number of benzene rings is 3. The molecule has 222 valence electrons. The van der Waals surface area contributed by atoms with Crippen LogP contribution in [0.2, 0.25) is 0 Å². The molecular formula is C31H30ClN5O6. The summed E-state index contributed by atoms with van der Waals surface area (Å²) in [7, 11) is 0. The molecule has 0 bridgehead atoms. The average Bonchev–Trinajstić information content (AvgIpc) is 3.81. The first-order valence-corrected chi connectivity index (χ1v) is 13.6. The maximum absolute atomic E-state index is 6.18. The molecule has 11 nitrogen and oxygen atoms in total. The van der Waals surface area contributed by atoms with Gasteiger partial charge in [0.15, 0.2) is 28.8 Å². The van der Waals surface area contributed by atoms with Crippen molar-refractivity contribution in [2.75, 3.05) is 38.3 Å². The highest BCUT2D eigenvalue weighted by Gasteiger charge is 2.48. The summed E-state index contributed by atoms with van der Waals surface area (Å²) in [4.78, 5) is 3.89. The lowest BCUT2D eigenvalue weighted by Crippen LogP contribution is -2.14. The molecular weight excluding hydrogens is 574 g/mol. The van der Waals surface area contributed by atoms with Gasteiger partial charge >= 0.3 is 0 Å². The standard InChI is InChI=1S/C20H18O6.C11H11N5.ClH/c1-3-15-17(25-9-23-15)5-11(1)19-13-7-22-20(14(13)8-21-19)12-2-4-16-18(6-12)26-10-24-16;12-10-7-6-9(11(13)14-10)16-15-8-4-2-1-3-5-8;/h1-6,13-14,19-20H,7-10H2;1-7H,(H4,12,13,14);1H. The quantitative estimate of drug-likeness (QED) is 0.256. The molecule has 4 aromatic rings. The Bertz CT molecular complexity index is 1550. The van der Waals surface area contributed by atoms with Gasteiger partial charge in [-0.3, -0.25) is 0 Å². The number of rotatable bonds is 4. The van der Waals surface area contributed by atoms with Crippen molar-refractivity contribution in [3.8, 4) is 23.0 Å². The van der Waals surface area contributed by atoms with Gasteiger partial charge in [0, 0.05) is 11.8 Å². The van der Waals surface area contributed by atoms with Crippen LogP contribution in [0.25, 0.3) is 0 Å². The van der Waals surface area contributed by atoms with E-state index in [1.807, 2.05) is 54.6 Å². The Morgan fingerprint density at radius 3 is 1.74 bits per heavy atom. The van der Waals surface area contributed by atoms with Crippen LogP contribution in [-0.2, 0) is 9.47 Å². The number of hydrogen-bond acceptors (Lipinski definition) is 11. The van der Waals surface area contributed by atoms with Gasteiger partial charge in [-0.15, -0.1) is 17.5 Å². The van der Waals surface area contributed by atoms with Gasteiger partial charge in [-0.1, -0.05) is 30.3 Å². The molecule has 43 heavy (non-hydrogen) atoms. The summed E-state index contributed by atoms with van der Waals surface area (Å²) in [5.74, 6) is 4.47. The van der Waals surface area contributed by atoms with Gasteiger partial charge in [0.05, 0.1) is 31.1 Å². The zero-order chi connectivity index (χ0) is 28.5. The van der Waals surface area contributed by atoms with Crippen molar-refractivity contribution in [3.05, 3.63) is 90.0 Å². The summed E-state index contributed by atoms with van der Waals surface area (Å²) in [5, 5.41) is 8.03.